The lowest BCUT2D eigenvalue weighted by atomic mass is 9.92. The van der Waals surface area contributed by atoms with Crippen molar-refractivity contribution in [2.24, 2.45) is 29.6 Å². The number of piperidine rings is 1. The Kier molecular flexibility index (Phi) is 26.7. The second kappa shape index (κ2) is 31.4. The van der Waals surface area contributed by atoms with Gasteiger partial charge in [-0.15, -0.1) is 0 Å². The second-order valence-corrected chi connectivity index (χ2v) is 24.8. The summed E-state index contributed by atoms with van der Waals surface area (Å²) in [5.41, 5.74) is -0.414. The highest BCUT2D eigenvalue weighted by atomic mass is 16.6. The van der Waals surface area contributed by atoms with Gasteiger partial charge >= 0.3 is 11.9 Å². The first-order valence-electron chi connectivity index (χ1n) is 29.6. The number of esters is 2. The van der Waals surface area contributed by atoms with Crippen LogP contribution in [0.25, 0.3) is 0 Å². The zero-order chi connectivity index (χ0) is 64.0. The predicted octanol–water partition coefficient (Wildman–Crippen LogP) is 3.58. The Balaban J connectivity index is 2.31. The fraction of sp³-hybridized carbons (Fsp3) is 0.721. The molecule has 84 heavy (non-hydrogen) atoms. The summed E-state index contributed by atoms with van der Waals surface area (Å²) in [6, 6.07) is -3.55. The molecule has 0 spiro atoms. The van der Waals surface area contributed by atoms with Crippen LogP contribution in [0.2, 0.25) is 0 Å². The number of amides is 9. The molecule has 1 aromatic carbocycles. The molecule has 1 aromatic rings. The molecule has 2 aliphatic rings. The van der Waals surface area contributed by atoms with Gasteiger partial charge in [-0.25, -0.2) is 4.79 Å². The van der Waals surface area contributed by atoms with E-state index in [4.69, 9.17) is 14.2 Å². The molecule has 0 aromatic heterocycles. The van der Waals surface area contributed by atoms with Crippen LogP contribution in [0.1, 0.15) is 141 Å². The van der Waals surface area contributed by atoms with Crippen LogP contribution in [-0.4, -0.2) is 210 Å². The van der Waals surface area contributed by atoms with E-state index in [1.54, 1.807) is 100 Å². The van der Waals surface area contributed by atoms with E-state index in [0.29, 0.717) is 37.0 Å². The number of carbonyl (C=O) groups is 11. The van der Waals surface area contributed by atoms with Gasteiger partial charge in [0.2, 0.25) is 47.3 Å². The van der Waals surface area contributed by atoms with Crippen molar-refractivity contribution in [3.05, 3.63) is 29.8 Å². The molecule has 2 saturated heterocycles. The van der Waals surface area contributed by atoms with Crippen LogP contribution in [0.4, 0.5) is 0 Å². The highest BCUT2D eigenvalue weighted by molar-refractivity contribution is 5.99. The van der Waals surface area contributed by atoms with Crippen molar-refractivity contribution < 1.29 is 67.0 Å². The molecule has 0 aliphatic carbocycles. The Labute approximate surface area is 498 Å². The van der Waals surface area contributed by atoms with Gasteiger partial charge in [0.05, 0.1) is 20.1 Å². The van der Waals surface area contributed by atoms with E-state index in [9.17, 15) is 43.2 Å². The van der Waals surface area contributed by atoms with Crippen molar-refractivity contribution in [1.29, 1.82) is 0 Å². The first kappa shape index (κ1) is 71.5. The van der Waals surface area contributed by atoms with Crippen LogP contribution in [0.15, 0.2) is 24.3 Å². The predicted molar refractivity (Wildman–Crippen MR) is 315 cm³/mol. The molecule has 2 fully saturated rings. The third kappa shape index (κ3) is 18.3. The fourth-order valence-corrected chi connectivity index (χ4v) is 11.0. The molecule has 3 rings (SSSR count). The molecule has 23 heteroatoms. The minimum absolute atomic E-state index is 0.112. The fourth-order valence-electron chi connectivity index (χ4n) is 11.0. The Hall–Kier alpha value is -6.81. The maximum Gasteiger partial charge on any atom is 0.329 e. The van der Waals surface area contributed by atoms with Crippen molar-refractivity contribution in [2.75, 3.05) is 55.4 Å². The lowest BCUT2D eigenvalue weighted by Gasteiger charge is -2.41. The van der Waals surface area contributed by atoms with Gasteiger partial charge < -0.3 is 59.6 Å². The van der Waals surface area contributed by atoms with Crippen LogP contribution in [0.3, 0.4) is 0 Å². The van der Waals surface area contributed by atoms with Crippen molar-refractivity contribution in [1.82, 2.24) is 45.3 Å². The third-order valence-electron chi connectivity index (χ3n) is 16.2. The normalized spacial score (nSPS) is 26.2. The van der Waals surface area contributed by atoms with E-state index in [0.717, 1.165) is 9.80 Å². The quantitative estimate of drug-likeness (QED) is 0.253. The van der Waals surface area contributed by atoms with E-state index >= 15 is 9.59 Å². The number of benzene rings is 1. The van der Waals surface area contributed by atoms with E-state index in [-0.39, 0.29) is 19.4 Å². The van der Waals surface area contributed by atoms with Gasteiger partial charge in [0.25, 0.3) is 5.91 Å². The molecule has 0 radical (unpaired) electrons. The highest BCUT2D eigenvalue weighted by Crippen LogP contribution is 2.27. The Morgan fingerprint density at radius 1 is 0.631 bits per heavy atom. The highest BCUT2D eigenvalue weighted by Gasteiger charge is 2.46. The van der Waals surface area contributed by atoms with E-state index in [2.05, 4.69) is 16.0 Å². The molecule has 472 valence electrons. The van der Waals surface area contributed by atoms with Gasteiger partial charge in [-0.2, -0.15) is 0 Å². The Morgan fingerprint density at radius 2 is 1.15 bits per heavy atom. The summed E-state index contributed by atoms with van der Waals surface area (Å²) in [5, 5.41) is 8.30. The van der Waals surface area contributed by atoms with Gasteiger partial charge in [0, 0.05) is 48.2 Å². The number of nitrogens with zero attached hydrogens (tertiary/aromatic N) is 6. The SMILES string of the molecule is CC[C@@H](C)[C@H]1C(=O)NCC(=O)N(C)[C@@H](C(C)C)C(=O)N[C@@H](Cc2ccc(OC)cc2)C(=O)O[C@H](C)C(=O)N2CCCC[C@H]2C(=O)N(C)[C@@H](C(C)C)C(=O)N[C@@H](C(C)C)C(=O)N(C)[C@@H](CC(=O)OC(C)(C)C)C(=O)N(C)[C@@H]([C@@H](C)CC)C(=O)N1C. The number of methoxy groups -OCH3 is 1. The van der Waals surface area contributed by atoms with Gasteiger partial charge in [-0.1, -0.05) is 94.2 Å². The Bertz CT molecular complexity index is 2500. The molecule has 2 heterocycles. The number of fused-ring (bicyclic) bond motifs is 1. The molecular weight excluding hydrogens is 1080 g/mol. The number of nitrogens with one attached hydrogen (secondary N) is 3. The second-order valence-electron chi connectivity index (χ2n) is 24.8. The molecular formula is C61H99N9O14. The minimum atomic E-state index is -1.59. The molecule has 3 N–H and O–H groups in total. The first-order chi connectivity index (χ1) is 39.1. The summed E-state index contributed by atoms with van der Waals surface area (Å²) < 4.78 is 16.9. The molecule has 2 aliphatic heterocycles. The lowest BCUT2D eigenvalue weighted by Crippen LogP contribution is -2.63. The summed E-state index contributed by atoms with van der Waals surface area (Å²) in [5.74, 6) is -10.4. The summed E-state index contributed by atoms with van der Waals surface area (Å²) in [6.45, 7) is 23.2. The largest absolute Gasteiger partial charge is 0.497 e. The maximum atomic E-state index is 15.2. The standard InChI is InChI=1S/C61H99N9O14/c1-21-37(9)50-52(73)62-33-45(71)66(16)48(35(5)6)53(74)63-42(31-40-26-28-41(82-20)29-27-40)60(81)83-39(11)55(76)70-30-24-23-25-43(70)56(77)67(17)49(36(7)8)54(75)64-47(34(3)4)58(79)65(15)44(32-46(72)84-61(12,13)14)57(78)69(19)51(38(10)22-2)59(80)68(50)18/h26-29,34-39,42-44,47-51H,21-25,30-33H2,1-20H3,(H,62,73)(H,63,74)(H,64,75)/t37-,38+,39-,42+,43+,44+,47+,48+,49+,50+,51+/m1/s1. The van der Waals surface area contributed by atoms with Crippen LogP contribution < -0.4 is 20.7 Å². The molecule has 0 unspecified atom stereocenters. The van der Waals surface area contributed by atoms with E-state index < -0.39 is 168 Å². The molecule has 9 amide bonds. The summed E-state index contributed by atoms with van der Waals surface area (Å²) in [6.07, 6.45) is -0.194. The van der Waals surface area contributed by atoms with Crippen molar-refractivity contribution >= 4 is 65.1 Å². The first-order valence-corrected chi connectivity index (χ1v) is 29.6. The number of carbonyl (C=O) groups excluding carboxylic acids is 11. The third-order valence-corrected chi connectivity index (χ3v) is 16.2. The van der Waals surface area contributed by atoms with E-state index in [1.165, 1.54) is 68.9 Å². The van der Waals surface area contributed by atoms with Crippen LogP contribution in [0, 0.1) is 29.6 Å². The summed E-state index contributed by atoms with van der Waals surface area (Å²) in [4.78, 5) is 168. The van der Waals surface area contributed by atoms with Crippen LogP contribution >= 0.6 is 0 Å². The van der Waals surface area contributed by atoms with Gasteiger partial charge in [0.1, 0.15) is 59.7 Å². The number of hydrogen-bond acceptors (Lipinski definition) is 14. The minimum Gasteiger partial charge on any atom is -0.497 e. The van der Waals surface area contributed by atoms with Crippen LogP contribution in [-0.2, 0) is 68.6 Å². The zero-order valence-corrected chi connectivity index (χ0v) is 53.7. The smallest absolute Gasteiger partial charge is 0.329 e. The van der Waals surface area contributed by atoms with Gasteiger partial charge in [-0.3, -0.25) is 47.9 Å². The van der Waals surface area contributed by atoms with Crippen molar-refractivity contribution in [2.45, 2.75) is 202 Å². The zero-order valence-electron chi connectivity index (χ0n) is 53.7. The number of hydrogen-bond donors (Lipinski definition) is 3. The number of cyclic esters (lactones) is 1. The maximum absolute atomic E-state index is 15.2. The van der Waals surface area contributed by atoms with Crippen LogP contribution in [0.5, 0.6) is 5.75 Å². The summed E-state index contributed by atoms with van der Waals surface area (Å²) >= 11 is 0. The van der Waals surface area contributed by atoms with Crippen molar-refractivity contribution in [3.8, 4) is 5.75 Å². The monoisotopic (exact) mass is 1180 g/mol. The average Bonchev–Trinajstić information content (AvgIpc) is 3.43. The topological polar surface area (TPSA) is 271 Å². The lowest BCUT2D eigenvalue weighted by molar-refractivity contribution is -0.165. The molecule has 11 atom stereocenters. The van der Waals surface area contributed by atoms with E-state index in [1.807, 2.05) is 13.8 Å². The molecule has 0 saturated carbocycles. The van der Waals surface area contributed by atoms with Crippen molar-refractivity contribution in [3.63, 3.8) is 0 Å². The summed E-state index contributed by atoms with van der Waals surface area (Å²) in [7, 11) is 8.45. The average molecular weight is 1180 g/mol. The Morgan fingerprint density at radius 3 is 1.68 bits per heavy atom. The molecule has 0 bridgehead atoms. The number of likely N-dealkylation sites (N-methyl/N-ethyl adjacent to an activating group) is 5. The number of rotatable bonds is 12. The molecule has 23 nitrogen and oxygen atoms in total. The van der Waals surface area contributed by atoms with Gasteiger partial charge in [-0.05, 0) is 94.2 Å². The van der Waals surface area contributed by atoms with Gasteiger partial charge in [0.15, 0.2) is 6.10 Å². The number of ether oxygens (including phenoxy) is 3.